The molecule has 0 amide bonds. The Balaban J connectivity index is 1.63. The SMILES string of the molecule is COCCOc1cnc2ccc(-c3c(-c4cc(C)ccc4F)nc4n3CCC4)cc2n1. The molecule has 2 aromatic heterocycles. The van der Waals surface area contributed by atoms with Crippen molar-refractivity contribution >= 4 is 11.0 Å². The molecule has 0 aliphatic carbocycles. The zero-order valence-corrected chi connectivity index (χ0v) is 17.6. The molecular weight excluding hydrogens is 395 g/mol. The number of hydrogen-bond donors (Lipinski definition) is 0. The molecule has 0 saturated heterocycles. The van der Waals surface area contributed by atoms with E-state index in [1.165, 1.54) is 6.07 Å². The molecule has 4 aromatic rings. The molecule has 0 N–H and O–H groups in total. The van der Waals surface area contributed by atoms with E-state index in [1.807, 2.05) is 31.2 Å². The molecule has 1 aliphatic rings. The van der Waals surface area contributed by atoms with Crippen molar-refractivity contribution < 1.29 is 13.9 Å². The monoisotopic (exact) mass is 418 g/mol. The molecule has 0 spiro atoms. The van der Waals surface area contributed by atoms with Crippen molar-refractivity contribution in [3.8, 4) is 28.4 Å². The first-order valence-corrected chi connectivity index (χ1v) is 10.4. The van der Waals surface area contributed by atoms with E-state index in [-0.39, 0.29) is 5.82 Å². The second kappa shape index (κ2) is 8.07. The van der Waals surface area contributed by atoms with Crippen molar-refractivity contribution in [3.63, 3.8) is 0 Å². The number of ether oxygens (including phenoxy) is 2. The Morgan fingerprint density at radius 1 is 1.06 bits per heavy atom. The lowest BCUT2D eigenvalue weighted by atomic mass is 10.0. The van der Waals surface area contributed by atoms with Gasteiger partial charge in [0.15, 0.2) is 0 Å². The van der Waals surface area contributed by atoms with E-state index in [2.05, 4.69) is 14.5 Å². The molecule has 31 heavy (non-hydrogen) atoms. The minimum Gasteiger partial charge on any atom is -0.474 e. The Bertz CT molecular complexity index is 1270. The molecule has 0 radical (unpaired) electrons. The van der Waals surface area contributed by atoms with Crippen LogP contribution in [0.15, 0.2) is 42.6 Å². The van der Waals surface area contributed by atoms with E-state index in [1.54, 1.807) is 19.4 Å². The van der Waals surface area contributed by atoms with Gasteiger partial charge in [-0.15, -0.1) is 0 Å². The van der Waals surface area contributed by atoms with E-state index >= 15 is 0 Å². The second-order valence-corrected chi connectivity index (χ2v) is 7.72. The predicted molar refractivity (Wildman–Crippen MR) is 117 cm³/mol. The summed E-state index contributed by atoms with van der Waals surface area (Å²) in [7, 11) is 1.63. The van der Waals surface area contributed by atoms with Gasteiger partial charge in [-0.3, -0.25) is 0 Å². The van der Waals surface area contributed by atoms with E-state index in [0.29, 0.717) is 30.4 Å². The Hall–Kier alpha value is -3.32. The van der Waals surface area contributed by atoms with Gasteiger partial charge in [-0.2, -0.15) is 0 Å². The number of benzene rings is 2. The number of rotatable bonds is 6. The highest BCUT2D eigenvalue weighted by Gasteiger charge is 2.25. The third kappa shape index (κ3) is 3.65. The molecule has 2 aromatic carbocycles. The molecular formula is C24H23FN4O2. The van der Waals surface area contributed by atoms with Crippen LogP contribution in [0.25, 0.3) is 33.5 Å². The minimum absolute atomic E-state index is 0.266. The van der Waals surface area contributed by atoms with Gasteiger partial charge in [0, 0.05) is 31.2 Å². The van der Waals surface area contributed by atoms with E-state index in [9.17, 15) is 4.39 Å². The Labute approximate surface area is 179 Å². The lowest BCUT2D eigenvalue weighted by Crippen LogP contribution is -2.05. The number of halogens is 1. The van der Waals surface area contributed by atoms with E-state index < -0.39 is 0 Å². The highest BCUT2D eigenvalue weighted by atomic mass is 19.1. The van der Waals surface area contributed by atoms with Crippen LogP contribution in [0.1, 0.15) is 17.8 Å². The molecule has 0 saturated carbocycles. The van der Waals surface area contributed by atoms with Crippen molar-refractivity contribution in [2.24, 2.45) is 0 Å². The lowest BCUT2D eigenvalue weighted by molar-refractivity contribution is 0.143. The lowest BCUT2D eigenvalue weighted by Gasteiger charge is -2.11. The standard InChI is InChI=1S/C24H23FN4O2/c1-15-5-7-18(25)17(12-15)23-24(29-9-3-4-21(29)28-23)16-6-8-19-20(13-16)27-22(14-26-19)31-11-10-30-2/h5-8,12-14H,3-4,9-11H2,1-2H3. The fourth-order valence-electron chi connectivity index (χ4n) is 4.07. The van der Waals surface area contributed by atoms with Gasteiger partial charge in [-0.05, 0) is 37.6 Å². The molecule has 158 valence electrons. The Morgan fingerprint density at radius 3 is 2.84 bits per heavy atom. The zero-order valence-electron chi connectivity index (χ0n) is 17.6. The summed E-state index contributed by atoms with van der Waals surface area (Å²) in [6.07, 6.45) is 3.55. The van der Waals surface area contributed by atoms with Crippen molar-refractivity contribution in [1.82, 2.24) is 19.5 Å². The largest absolute Gasteiger partial charge is 0.474 e. The maximum absolute atomic E-state index is 14.8. The van der Waals surface area contributed by atoms with Gasteiger partial charge in [-0.25, -0.2) is 19.3 Å². The molecule has 5 rings (SSSR count). The highest BCUT2D eigenvalue weighted by molar-refractivity contribution is 5.86. The first kappa shape index (κ1) is 19.6. The topological polar surface area (TPSA) is 62.1 Å². The third-order valence-electron chi connectivity index (χ3n) is 5.54. The van der Waals surface area contributed by atoms with Crippen LogP contribution in [-0.2, 0) is 17.7 Å². The molecule has 0 atom stereocenters. The fourth-order valence-corrected chi connectivity index (χ4v) is 4.07. The summed E-state index contributed by atoms with van der Waals surface area (Å²) in [6, 6.07) is 11.1. The number of hydrogen-bond acceptors (Lipinski definition) is 5. The molecule has 3 heterocycles. The quantitative estimate of drug-likeness (QED) is 0.429. The number of imidazole rings is 1. The van der Waals surface area contributed by atoms with Crippen LogP contribution in [0.2, 0.25) is 0 Å². The summed E-state index contributed by atoms with van der Waals surface area (Å²) in [5.74, 6) is 1.18. The number of nitrogens with zero attached hydrogens (tertiary/aromatic N) is 4. The normalized spacial score (nSPS) is 13.0. The van der Waals surface area contributed by atoms with E-state index in [0.717, 1.165) is 53.1 Å². The van der Waals surface area contributed by atoms with Crippen molar-refractivity contribution in [2.75, 3.05) is 20.3 Å². The average Bonchev–Trinajstić information content (AvgIpc) is 3.36. The maximum Gasteiger partial charge on any atom is 0.232 e. The number of aryl methyl sites for hydroxylation is 2. The van der Waals surface area contributed by atoms with Gasteiger partial charge in [0.1, 0.15) is 18.2 Å². The summed E-state index contributed by atoms with van der Waals surface area (Å²) >= 11 is 0. The minimum atomic E-state index is -0.266. The average molecular weight is 418 g/mol. The zero-order chi connectivity index (χ0) is 21.4. The first-order chi connectivity index (χ1) is 15.1. The van der Waals surface area contributed by atoms with Gasteiger partial charge in [0.2, 0.25) is 5.88 Å². The van der Waals surface area contributed by atoms with Gasteiger partial charge in [0.05, 0.1) is 35.2 Å². The van der Waals surface area contributed by atoms with Gasteiger partial charge < -0.3 is 14.0 Å². The van der Waals surface area contributed by atoms with Crippen LogP contribution < -0.4 is 4.74 Å². The van der Waals surface area contributed by atoms with E-state index in [4.69, 9.17) is 14.5 Å². The molecule has 1 aliphatic heterocycles. The Morgan fingerprint density at radius 2 is 1.97 bits per heavy atom. The summed E-state index contributed by atoms with van der Waals surface area (Å²) in [5.41, 5.74) is 5.55. The van der Waals surface area contributed by atoms with Gasteiger partial charge in [-0.1, -0.05) is 17.7 Å². The van der Waals surface area contributed by atoms with Gasteiger partial charge in [0.25, 0.3) is 0 Å². The third-order valence-corrected chi connectivity index (χ3v) is 5.54. The highest BCUT2D eigenvalue weighted by Crippen LogP contribution is 2.37. The van der Waals surface area contributed by atoms with Crippen molar-refractivity contribution in [2.45, 2.75) is 26.3 Å². The molecule has 0 unspecified atom stereocenters. The molecule has 0 bridgehead atoms. The van der Waals surface area contributed by atoms with Crippen LogP contribution in [0, 0.1) is 12.7 Å². The number of aromatic nitrogens is 4. The smallest absolute Gasteiger partial charge is 0.232 e. The maximum atomic E-state index is 14.8. The van der Waals surface area contributed by atoms with Crippen LogP contribution in [0.3, 0.4) is 0 Å². The predicted octanol–water partition coefficient (Wildman–Crippen LogP) is 4.58. The van der Waals surface area contributed by atoms with Gasteiger partial charge >= 0.3 is 0 Å². The van der Waals surface area contributed by atoms with Crippen LogP contribution in [-0.4, -0.2) is 39.8 Å². The summed E-state index contributed by atoms with van der Waals surface area (Å²) in [4.78, 5) is 13.9. The summed E-state index contributed by atoms with van der Waals surface area (Å²) < 4.78 is 27.6. The Kier molecular flexibility index (Phi) is 5.11. The molecule has 7 heteroatoms. The first-order valence-electron chi connectivity index (χ1n) is 10.4. The number of fused-ring (bicyclic) bond motifs is 2. The number of methoxy groups -OCH3 is 1. The second-order valence-electron chi connectivity index (χ2n) is 7.72. The van der Waals surface area contributed by atoms with Crippen LogP contribution >= 0.6 is 0 Å². The van der Waals surface area contributed by atoms with Crippen LogP contribution in [0.4, 0.5) is 4.39 Å². The van der Waals surface area contributed by atoms with Crippen molar-refractivity contribution in [1.29, 1.82) is 0 Å². The molecule has 0 fully saturated rings. The molecule has 6 nitrogen and oxygen atoms in total. The van der Waals surface area contributed by atoms with Crippen LogP contribution in [0.5, 0.6) is 5.88 Å². The van der Waals surface area contributed by atoms with Crippen molar-refractivity contribution in [3.05, 3.63) is 59.8 Å². The summed E-state index contributed by atoms with van der Waals surface area (Å²) in [5, 5.41) is 0. The summed E-state index contributed by atoms with van der Waals surface area (Å²) in [6.45, 7) is 3.72. The fraction of sp³-hybridized carbons (Fsp3) is 0.292.